The molecule has 0 N–H and O–H groups in total. The summed E-state index contributed by atoms with van der Waals surface area (Å²) in [4.78, 5) is 16.2. The first-order valence-electron chi connectivity index (χ1n) is 7.24. The lowest BCUT2D eigenvalue weighted by atomic mass is 10.2. The van der Waals surface area contributed by atoms with Crippen LogP contribution in [0.2, 0.25) is 0 Å². The second-order valence-electron chi connectivity index (χ2n) is 5.04. The molecule has 0 aliphatic carbocycles. The maximum absolute atomic E-state index is 11.8. The fourth-order valence-electron chi connectivity index (χ4n) is 2.41. The van der Waals surface area contributed by atoms with E-state index in [1.165, 1.54) is 0 Å². The molecule has 0 amide bonds. The lowest BCUT2D eigenvalue weighted by molar-refractivity contribution is -0.142. The monoisotopic (exact) mass is 295 g/mol. The van der Waals surface area contributed by atoms with Crippen LogP contribution in [0.1, 0.15) is 18.3 Å². The Kier molecular flexibility index (Phi) is 3.87. The highest BCUT2D eigenvalue weighted by Crippen LogP contribution is 2.20. The molecule has 0 radical (unpaired) electrons. The van der Waals surface area contributed by atoms with Gasteiger partial charge in [0.2, 0.25) is 0 Å². The quantitative estimate of drug-likeness (QED) is 0.694. The van der Waals surface area contributed by atoms with E-state index < -0.39 is 0 Å². The molecule has 0 saturated carbocycles. The summed E-state index contributed by atoms with van der Waals surface area (Å²) in [6.45, 7) is 4.08. The summed E-state index contributed by atoms with van der Waals surface area (Å²) < 4.78 is 6.74. The van der Waals surface area contributed by atoms with Crippen molar-refractivity contribution in [1.29, 1.82) is 0 Å². The molecule has 2 aromatic heterocycles. The van der Waals surface area contributed by atoms with Gasteiger partial charge in [0, 0.05) is 17.3 Å². The Bertz CT molecular complexity index is 809. The van der Waals surface area contributed by atoms with Crippen LogP contribution in [-0.2, 0) is 16.0 Å². The zero-order valence-corrected chi connectivity index (χ0v) is 12.6. The van der Waals surface area contributed by atoms with Crippen LogP contribution in [0.3, 0.4) is 0 Å². The molecule has 22 heavy (non-hydrogen) atoms. The van der Waals surface area contributed by atoms with Crippen LogP contribution in [0, 0.1) is 6.92 Å². The molecule has 3 rings (SSSR count). The zero-order valence-electron chi connectivity index (χ0n) is 12.6. The number of esters is 1. The molecule has 1 aromatic carbocycles. The number of hydrogen-bond donors (Lipinski definition) is 0. The van der Waals surface area contributed by atoms with Crippen LogP contribution in [0.25, 0.3) is 16.9 Å². The van der Waals surface area contributed by atoms with E-state index in [9.17, 15) is 4.79 Å². The predicted octanol–water partition coefficient (Wildman–Crippen LogP) is 2.81. The second-order valence-corrected chi connectivity index (χ2v) is 5.04. The molecule has 0 saturated heterocycles. The highest BCUT2D eigenvalue weighted by atomic mass is 16.5. The van der Waals surface area contributed by atoms with Crippen molar-refractivity contribution < 1.29 is 9.53 Å². The third kappa shape index (κ3) is 2.83. The van der Waals surface area contributed by atoms with Gasteiger partial charge in [-0.2, -0.15) is 5.10 Å². The van der Waals surface area contributed by atoms with E-state index in [-0.39, 0.29) is 12.4 Å². The van der Waals surface area contributed by atoms with Gasteiger partial charge in [-0.1, -0.05) is 30.3 Å². The topological polar surface area (TPSA) is 56.5 Å². The number of hydrogen-bond acceptors (Lipinski definition) is 4. The maximum atomic E-state index is 11.8. The molecule has 5 nitrogen and oxygen atoms in total. The van der Waals surface area contributed by atoms with Crippen molar-refractivity contribution in [3.63, 3.8) is 0 Å². The minimum absolute atomic E-state index is 0.184. The number of carbonyl (C=O) groups is 1. The van der Waals surface area contributed by atoms with E-state index in [1.54, 1.807) is 11.4 Å². The van der Waals surface area contributed by atoms with E-state index >= 15 is 0 Å². The average molecular weight is 295 g/mol. The number of benzene rings is 1. The number of carbonyl (C=O) groups excluding carboxylic acids is 1. The van der Waals surface area contributed by atoms with Gasteiger partial charge in [-0.05, 0) is 19.9 Å². The number of rotatable bonds is 4. The summed E-state index contributed by atoms with van der Waals surface area (Å²) in [5, 5.41) is 4.58. The van der Waals surface area contributed by atoms with Crippen LogP contribution in [0.5, 0.6) is 0 Å². The van der Waals surface area contributed by atoms with Gasteiger partial charge in [0.1, 0.15) is 0 Å². The Morgan fingerprint density at radius 2 is 2.00 bits per heavy atom. The van der Waals surface area contributed by atoms with Crippen molar-refractivity contribution in [2.75, 3.05) is 6.61 Å². The fraction of sp³-hybridized carbons (Fsp3) is 0.235. The van der Waals surface area contributed by atoms with Crippen molar-refractivity contribution in [2.45, 2.75) is 20.3 Å². The largest absolute Gasteiger partial charge is 0.466 e. The van der Waals surface area contributed by atoms with Gasteiger partial charge in [0.15, 0.2) is 5.65 Å². The fourth-order valence-corrected chi connectivity index (χ4v) is 2.41. The minimum Gasteiger partial charge on any atom is -0.466 e. The summed E-state index contributed by atoms with van der Waals surface area (Å²) in [5.41, 5.74) is 4.23. The van der Waals surface area contributed by atoms with Gasteiger partial charge in [-0.3, -0.25) is 4.79 Å². The molecular weight excluding hydrogens is 278 g/mol. The molecule has 0 atom stereocenters. The summed E-state index contributed by atoms with van der Waals surface area (Å²) >= 11 is 0. The second kappa shape index (κ2) is 5.97. The standard InChI is InChI=1S/C17H17N3O2/c1-3-22-17(21)10-14-9-12(2)18-16-11-15(19-20(14)16)13-7-5-4-6-8-13/h4-9,11H,3,10H2,1-2H3. The highest BCUT2D eigenvalue weighted by Gasteiger charge is 2.13. The first-order valence-corrected chi connectivity index (χ1v) is 7.24. The predicted molar refractivity (Wildman–Crippen MR) is 83.5 cm³/mol. The zero-order chi connectivity index (χ0) is 15.5. The van der Waals surface area contributed by atoms with Crippen molar-refractivity contribution in [2.24, 2.45) is 0 Å². The number of nitrogens with zero attached hydrogens (tertiary/aromatic N) is 3. The van der Waals surface area contributed by atoms with Crippen molar-refractivity contribution in [3.05, 3.63) is 53.9 Å². The third-order valence-corrected chi connectivity index (χ3v) is 3.33. The van der Waals surface area contributed by atoms with E-state index in [4.69, 9.17) is 4.74 Å². The molecule has 0 unspecified atom stereocenters. The molecule has 5 heteroatoms. The smallest absolute Gasteiger partial charge is 0.311 e. The Morgan fingerprint density at radius 1 is 1.23 bits per heavy atom. The average Bonchev–Trinajstić information content (AvgIpc) is 2.92. The molecule has 112 valence electrons. The van der Waals surface area contributed by atoms with E-state index in [0.717, 1.165) is 28.3 Å². The Hall–Kier alpha value is -2.69. The lowest BCUT2D eigenvalue weighted by Gasteiger charge is -2.05. The molecular formula is C17H17N3O2. The summed E-state index contributed by atoms with van der Waals surface area (Å²) in [5.74, 6) is -0.258. The number of aryl methyl sites for hydroxylation is 1. The van der Waals surface area contributed by atoms with Crippen LogP contribution < -0.4 is 0 Å². The van der Waals surface area contributed by atoms with Crippen LogP contribution >= 0.6 is 0 Å². The maximum Gasteiger partial charge on any atom is 0.311 e. The number of aromatic nitrogens is 3. The van der Waals surface area contributed by atoms with Crippen LogP contribution in [0.4, 0.5) is 0 Å². The molecule has 2 heterocycles. The summed E-state index contributed by atoms with van der Waals surface area (Å²) in [6, 6.07) is 13.7. The molecule has 0 aliphatic heterocycles. The van der Waals surface area contributed by atoms with E-state index in [2.05, 4.69) is 10.1 Å². The summed E-state index contributed by atoms with van der Waals surface area (Å²) in [6.07, 6.45) is 0.184. The van der Waals surface area contributed by atoms with Gasteiger partial charge < -0.3 is 4.74 Å². The van der Waals surface area contributed by atoms with Gasteiger partial charge in [0.05, 0.1) is 24.4 Å². The molecule has 0 spiro atoms. The Labute approximate surface area is 128 Å². The number of ether oxygens (including phenoxy) is 1. The normalized spacial score (nSPS) is 10.8. The van der Waals surface area contributed by atoms with E-state index in [0.29, 0.717) is 6.61 Å². The number of fused-ring (bicyclic) bond motifs is 1. The van der Waals surface area contributed by atoms with Crippen LogP contribution in [0.15, 0.2) is 42.5 Å². The Balaban J connectivity index is 2.05. The van der Waals surface area contributed by atoms with Crippen molar-refractivity contribution in [1.82, 2.24) is 14.6 Å². The van der Waals surface area contributed by atoms with Gasteiger partial charge in [-0.15, -0.1) is 0 Å². The third-order valence-electron chi connectivity index (χ3n) is 3.33. The van der Waals surface area contributed by atoms with Crippen molar-refractivity contribution >= 4 is 11.6 Å². The molecule has 0 bridgehead atoms. The van der Waals surface area contributed by atoms with Crippen molar-refractivity contribution in [3.8, 4) is 11.3 Å². The Morgan fingerprint density at radius 3 is 2.73 bits per heavy atom. The van der Waals surface area contributed by atoms with Gasteiger partial charge >= 0.3 is 5.97 Å². The molecule has 0 aliphatic rings. The van der Waals surface area contributed by atoms with Gasteiger partial charge in [-0.25, -0.2) is 9.50 Å². The first-order chi connectivity index (χ1) is 10.7. The molecule has 0 fully saturated rings. The highest BCUT2D eigenvalue weighted by molar-refractivity contribution is 5.72. The van der Waals surface area contributed by atoms with E-state index in [1.807, 2.05) is 49.4 Å². The molecule has 3 aromatic rings. The lowest BCUT2D eigenvalue weighted by Crippen LogP contribution is -2.12. The minimum atomic E-state index is -0.258. The van der Waals surface area contributed by atoms with Crippen LogP contribution in [-0.4, -0.2) is 27.2 Å². The summed E-state index contributed by atoms with van der Waals surface area (Å²) in [7, 11) is 0. The SMILES string of the molecule is CCOC(=O)Cc1cc(C)nc2cc(-c3ccccc3)nn12. The first kappa shape index (κ1) is 14.3. The van der Waals surface area contributed by atoms with Gasteiger partial charge in [0.25, 0.3) is 0 Å².